The van der Waals surface area contributed by atoms with E-state index in [0.717, 1.165) is 9.75 Å². The van der Waals surface area contributed by atoms with Crippen LogP contribution in [0.3, 0.4) is 0 Å². The Morgan fingerprint density at radius 1 is 1.37 bits per heavy atom. The highest BCUT2D eigenvalue weighted by Gasteiger charge is 2.17. The van der Waals surface area contributed by atoms with E-state index < -0.39 is 10.0 Å². The first-order chi connectivity index (χ1) is 9.13. The molecule has 2 heterocycles. The molecule has 19 heavy (non-hydrogen) atoms. The molecule has 2 aromatic rings. The number of nitrogens with zero attached hydrogens (tertiary/aromatic N) is 2. The van der Waals surface area contributed by atoms with Gasteiger partial charge in [0.2, 0.25) is 10.0 Å². The summed E-state index contributed by atoms with van der Waals surface area (Å²) in [5, 5.41) is 3.74. The number of nitrogens with one attached hydrogen (secondary N) is 1. The monoisotopic (exact) mass is 319 g/mol. The number of aromatic nitrogens is 2. The summed E-state index contributed by atoms with van der Waals surface area (Å²) < 4.78 is 35.5. The predicted molar refractivity (Wildman–Crippen MR) is 74.9 cm³/mol. The Balaban J connectivity index is 2.05. The third-order valence-electron chi connectivity index (χ3n) is 2.27. The Morgan fingerprint density at radius 2 is 2.21 bits per heavy atom. The maximum atomic E-state index is 12.0. The Morgan fingerprint density at radius 3 is 2.89 bits per heavy atom. The zero-order valence-corrected chi connectivity index (χ0v) is 12.6. The van der Waals surface area contributed by atoms with Gasteiger partial charge in [-0.05, 0) is 30.1 Å². The van der Waals surface area contributed by atoms with Gasteiger partial charge in [0.1, 0.15) is 4.21 Å². The van der Waals surface area contributed by atoms with Crippen molar-refractivity contribution >= 4 is 32.9 Å². The highest BCUT2D eigenvalue weighted by molar-refractivity contribution is 7.91. The van der Waals surface area contributed by atoms with Crippen LogP contribution in [0.5, 0.6) is 0 Å². The lowest BCUT2D eigenvalue weighted by molar-refractivity contribution is 0.196. The van der Waals surface area contributed by atoms with Crippen molar-refractivity contribution in [2.24, 2.45) is 0 Å². The average Bonchev–Trinajstić information content (AvgIpc) is 3.03. The van der Waals surface area contributed by atoms with Crippen molar-refractivity contribution in [1.82, 2.24) is 14.3 Å². The van der Waals surface area contributed by atoms with Gasteiger partial charge in [-0.25, -0.2) is 13.1 Å². The Kier molecular flexibility index (Phi) is 4.99. The molecule has 0 saturated carbocycles. The minimum absolute atomic E-state index is 0.299. The SMILES string of the molecule is COCCCNS(=O)(=O)c1ccc(-c2cnns2)s1. The van der Waals surface area contributed by atoms with Gasteiger partial charge in [-0.3, -0.25) is 0 Å². The number of hydrogen-bond acceptors (Lipinski definition) is 7. The molecule has 2 aromatic heterocycles. The van der Waals surface area contributed by atoms with E-state index in [0.29, 0.717) is 23.8 Å². The van der Waals surface area contributed by atoms with E-state index in [-0.39, 0.29) is 0 Å². The fourth-order valence-corrected chi connectivity index (χ4v) is 4.37. The molecule has 0 aliphatic rings. The molecule has 6 nitrogen and oxygen atoms in total. The lowest BCUT2D eigenvalue weighted by atomic mass is 10.4. The summed E-state index contributed by atoms with van der Waals surface area (Å²) in [7, 11) is -1.85. The van der Waals surface area contributed by atoms with Crippen LogP contribution < -0.4 is 4.72 Å². The van der Waals surface area contributed by atoms with E-state index in [2.05, 4.69) is 14.3 Å². The molecule has 0 atom stereocenters. The van der Waals surface area contributed by atoms with E-state index in [4.69, 9.17) is 4.74 Å². The minimum atomic E-state index is -3.43. The summed E-state index contributed by atoms with van der Waals surface area (Å²) in [6.45, 7) is 0.899. The normalized spacial score (nSPS) is 11.8. The largest absolute Gasteiger partial charge is 0.385 e. The van der Waals surface area contributed by atoms with E-state index >= 15 is 0 Å². The summed E-state index contributed by atoms with van der Waals surface area (Å²) >= 11 is 2.45. The van der Waals surface area contributed by atoms with Gasteiger partial charge in [-0.15, -0.1) is 16.4 Å². The molecule has 0 aliphatic carbocycles. The van der Waals surface area contributed by atoms with Crippen LogP contribution in [0, 0.1) is 0 Å². The fourth-order valence-electron chi connectivity index (χ4n) is 1.37. The van der Waals surface area contributed by atoms with Crippen molar-refractivity contribution in [2.45, 2.75) is 10.6 Å². The molecule has 0 aliphatic heterocycles. The van der Waals surface area contributed by atoms with E-state index in [1.54, 1.807) is 25.4 Å². The van der Waals surface area contributed by atoms with Crippen molar-refractivity contribution in [3.63, 3.8) is 0 Å². The van der Waals surface area contributed by atoms with Crippen LogP contribution in [0.4, 0.5) is 0 Å². The Hall–Kier alpha value is -0.870. The first kappa shape index (κ1) is 14.5. The molecule has 0 unspecified atom stereocenters. The van der Waals surface area contributed by atoms with Crippen LogP contribution >= 0.6 is 22.9 Å². The molecule has 0 spiro atoms. The van der Waals surface area contributed by atoms with Crippen molar-refractivity contribution in [3.05, 3.63) is 18.3 Å². The smallest absolute Gasteiger partial charge is 0.250 e. The molecule has 1 N–H and O–H groups in total. The fraction of sp³-hybridized carbons (Fsp3) is 0.400. The van der Waals surface area contributed by atoms with Gasteiger partial charge >= 0.3 is 0 Å². The minimum Gasteiger partial charge on any atom is -0.385 e. The predicted octanol–water partition coefficient (Wildman–Crippen LogP) is 1.58. The molecule has 0 aromatic carbocycles. The molecule has 9 heteroatoms. The first-order valence-corrected chi connectivity index (χ1v) is 8.57. The zero-order chi connectivity index (χ0) is 13.7. The number of hydrogen-bond donors (Lipinski definition) is 1. The molecule has 2 rings (SSSR count). The Labute approximate surface area is 119 Å². The van der Waals surface area contributed by atoms with E-state index in [1.165, 1.54) is 22.9 Å². The number of rotatable bonds is 7. The van der Waals surface area contributed by atoms with Crippen LogP contribution in [0.25, 0.3) is 9.75 Å². The van der Waals surface area contributed by atoms with Gasteiger partial charge < -0.3 is 4.74 Å². The maximum absolute atomic E-state index is 12.0. The lowest BCUT2D eigenvalue weighted by Crippen LogP contribution is -2.24. The van der Waals surface area contributed by atoms with Crippen LogP contribution in [-0.4, -0.2) is 38.3 Å². The molecule has 0 radical (unpaired) electrons. The van der Waals surface area contributed by atoms with Gasteiger partial charge in [0.15, 0.2) is 0 Å². The molecule has 104 valence electrons. The first-order valence-electron chi connectivity index (χ1n) is 5.49. The average molecular weight is 319 g/mol. The van der Waals surface area contributed by atoms with Gasteiger partial charge in [0.25, 0.3) is 0 Å². The summed E-state index contributed by atoms with van der Waals surface area (Å²) in [5.74, 6) is 0. The molecule has 0 fully saturated rings. The molecule has 0 amide bonds. The quantitative estimate of drug-likeness (QED) is 0.784. The van der Waals surface area contributed by atoms with Crippen LogP contribution in [0.15, 0.2) is 22.5 Å². The highest BCUT2D eigenvalue weighted by atomic mass is 32.2. The van der Waals surface area contributed by atoms with Crippen LogP contribution in [0.1, 0.15) is 6.42 Å². The van der Waals surface area contributed by atoms with E-state index in [1.807, 2.05) is 0 Å². The summed E-state index contributed by atoms with van der Waals surface area (Å²) in [6, 6.07) is 3.36. The van der Waals surface area contributed by atoms with Gasteiger partial charge in [-0.2, -0.15) is 0 Å². The molecular weight excluding hydrogens is 306 g/mol. The van der Waals surface area contributed by atoms with Gasteiger partial charge in [0.05, 0.1) is 11.1 Å². The second-order valence-corrected chi connectivity index (χ2v) is 7.51. The third kappa shape index (κ3) is 3.80. The standard InChI is InChI=1S/C10H13N3O3S3/c1-16-6-2-5-12-19(14,15)10-4-3-8(17-10)9-7-11-13-18-9/h3-4,7,12H,2,5-6H2,1H3. The number of thiophene rings is 1. The second kappa shape index (κ2) is 6.53. The topological polar surface area (TPSA) is 81.2 Å². The zero-order valence-electron chi connectivity index (χ0n) is 10.2. The summed E-state index contributed by atoms with van der Waals surface area (Å²) in [5.41, 5.74) is 0. The van der Waals surface area contributed by atoms with Gasteiger partial charge in [-0.1, -0.05) is 4.49 Å². The van der Waals surface area contributed by atoms with Gasteiger partial charge in [0, 0.05) is 25.1 Å². The van der Waals surface area contributed by atoms with Crippen molar-refractivity contribution < 1.29 is 13.2 Å². The lowest BCUT2D eigenvalue weighted by Gasteiger charge is -2.03. The molecular formula is C10H13N3O3S3. The van der Waals surface area contributed by atoms with Crippen LogP contribution in [0.2, 0.25) is 0 Å². The van der Waals surface area contributed by atoms with Crippen LogP contribution in [-0.2, 0) is 14.8 Å². The van der Waals surface area contributed by atoms with Crippen molar-refractivity contribution in [2.75, 3.05) is 20.3 Å². The van der Waals surface area contributed by atoms with E-state index in [9.17, 15) is 8.42 Å². The summed E-state index contributed by atoms with van der Waals surface area (Å²) in [4.78, 5) is 1.72. The third-order valence-corrected chi connectivity index (χ3v) is 6.17. The van der Waals surface area contributed by atoms with Crippen molar-refractivity contribution in [3.8, 4) is 9.75 Å². The maximum Gasteiger partial charge on any atom is 0.250 e. The molecule has 0 saturated heterocycles. The Bertz CT molecular complexity index is 607. The number of methoxy groups -OCH3 is 1. The number of sulfonamides is 1. The second-order valence-electron chi connectivity index (χ2n) is 3.64. The highest BCUT2D eigenvalue weighted by Crippen LogP contribution is 2.31. The molecule has 0 bridgehead atoms. The summed E-state index contributed by atoms with van der Waals surface area (Å²) in [6.07, 6.45) is 2.27. The van der Waals surface area contributed by atoms with Crippen molar-refractivity contribution in [1.29, 1.82) is 0 Å². The number of ether oxygens (including phenoxy) is 1.